The van der Waals surface area contributed by atoms with E-state index in [9.17, 15) is 9.59 Å². The Labute approximate surface area is 133 Å². The number of aliphatic carboxylic acids is 1. The predicted molar refractivity (Wildman–Crippen MR) is 88.8 cm³/mol. The summed E-state index contributed by atoms with van der Waals surface area (Å²) >= 11 is 0. The first-order valence-electron chi connectivity index (χ1n) is 8.35. The number of ketones is 1. The number of carbonyl (C=O) groups excluding carboxylic acids is 1. The molecule has 0 aliphatic heterocycles. The summed E-state index contributed by atoms with van der Waals surface area (Å²) in [5.41, 5.74) is 0. The van der Waals surface area contributed by atoms with Gasteiger partial charge in [-0.1, -0.05) is 50.3 Å². The molecular weight excluding hydrogens is 280 g/mol. The van der Waals surface area contributed by atoms with E-state index >= 15 is 0 Å². The minimum Gasteiger partial charge on any atom is -0.481 e. The highest BCUT2D eigenvalue weighted by Crippen LogP contribution is 2.08. The Hall–Kier alpha value is -1.42. The van der Waals surface area contributed by atoms with Crippen LogP contribution in [0.25, 0.3) is 0 Å². The topological polar surface area (TPSA) is 74.6 Å². The maximum atomic E-state index is 11.4. The average Bonchev–Trinajstić information content (AvgIpc) is 2.48. The van der Waals surface area contributed by atoms with E-state index in [4.69, 9.17) is 10.2 Å². The zero-order valence-electron chi connectivity index (χ0n) is 13.5. The summed E-state index contributed by atoms with van der Waals surface area (Å²) in [5.74, 6) is -0.876. The highest BCUT2D eigenvalue weighted by Gasteiger charge is 1.99. The Bertz CT molecular complexity index is 345. The average molecular weight is 310 g/mol. The van der Waals surface area contributed by atoms with Crippen LogP contribution in [0.15, 0.2) is 24.3 Å². The van der Waals surface area contributed by atoms with Crippen molar-refractivity contribution >= 4 is 11.8 Å². The Kier molecular flexibility index (Phi) is 14.9. The maximum absolute atomic E-state index is 11.4. The number of allylic oxidation sites excluding steroid dienone is 4. The van der Waals surface area contributed by atoms with Crippen LogP contribution in [0.4, 0.5) is 0 Å². The fourth-order valence-electron chi connectivity index (χ4n) is 2.09. The van der Waals surface area contributed by atoms with Crippen LogP contribution >= 0.6 is 0 Å². The van der Waals surface area contributed by atoms with Gasteiger partial charge in [-0.05, 0) is 31.8 Å². The Morgan fingerprint density at radius 3 is 2.05 bits per heavy atom. The Balaban J connectivity index is 3.40. The number of unbranched alkanes of at least 4 members (excludes halogenated alkanes) is 7. The van der Waals surface area contributed by atoms with Crippen molar-refractivity contribution in [2.24, 2.45) is 0 Å². The molecule has 4 heteroatoms. The second-order valence-electron chi connectivity index (χ2n) is 5.49. The molecule has 0 radical (unpaired) electrons. The van der Waals surface area contributed by atoms with Crippen molar-refractivity contribution in [1.29, 1.82) is 0 Å². The number of carboxylic acids is 1. The smallest absolute Gasteiger partial charge is 0.303 e. The Morgan fingerprint density at radius 1 is 0.773 bits per heavy atom. The number of aliphatic hydroxyl groups excluding tert-OH is 1. The molecule has 0 fully saturated rings. The van der Waals surface area contributed by atoms with Gasteiger partial charge in [-0.3, -0.25) is 9.59 Å². The molecule has 0 heterocycles. The van der Waals surface area contributed by atoms with Gasteiger partial charge >= 0.3 is 5.97 Å². The molecule has 0 aromatic rings. The van der Waals surface area contributed by atoms with Crippen LogP contribution in [-0.4, -0.2) is 28.6 Å². The van der Waals surface area contributed by atoms with E-state index in [0.29, 0.717) is 19.4 Å². The first-order chi connectivity index (χ1) is 10.7. The minimum absolute atomic E-state index is 0.0196. The fourth-order valence-corrected chi connectivity index (χ4v) is 2.09. The van der Waals surface area contributed by atoms with Crippen molar-refractivity contribution < 1.29 is 19.8 Å². The molecule has 0 saturated heterocycles. The van der Waals surface area contributed by atoms with Crippen LogP contribution in [0.5, 0.6) is 0 Å². The van der Waals surface area contributed by atoms with Crippen LogP contribution in [0.1, 0.15) is 70.6 Å². The van der Waals surface area contributed by atoms with E-state index in [0.717, 1.165) is 25.7 Å². The van der Waals surface area contributed by atoms with E-state index in [1.165, 1.54) is 31.8 Å². The fraction of sp³-hybridized carbons (Fsp3) is 0.667. The molecule has 0 spiro atoms. The molecule has 126 valence electrons. The molecule has 0 atom stereocenters. The third-order valence-electron chi connectivity index (χ3n) is 3.37. The first kappa shape index (κ1) is 20.6. The number of carbonyl (C=O) groups is 2. The minimum atomic E-state index is -0.856. The molecule has 0 unspecified atom stereocenters. The number of hydrogen-bond donors (Lipinski definition) is 2. The predicted octanol–water partition coefficient (Wildman–Crippen LogP) is 4.04. The van der Waals surface area contributed by atoms with Crippen molar-refractivity contribution in [1.82, 2.24) is 0 Å². The number of carboxylic acid groups (broad SMARTS) is 1. The van der Waals surface area contributed by atoms with Gasteiger partial charge in [0.25, 0.3) is 0 Å². The first-order valence-corrected chi connectivity index (χ1v) is 8.35. The third kappa shape index (κ3) is 16.6. The second kappa shape index (κ2) is 16.0. The summed E-state index contributed by atoms with van der Waals surface area (Å²) < 4.78 is 0. The molecule has 2 N–H and O–H groups in total. The SMILES string of the molecule is O=C(O)CCCC(=O)/C=C/C=C\CCCCCCCCCO. The van der Waals surface area contributed by atoms with Crippen molar-refractivity contribution in [3.63, 3.8) is 0 Å². The molecule has 0 rings (SSSR count). The zero-order chi connectivity index (χ0) is 16.5. The zero-order valence-corrected chi connectivity index (χ0v) is 13.5. The van der Waals surface area contributed by atoms with Gasteiger partial charge in [0, 0.05) is 19.4 Å². The van der Waals surface area contributed by atoms with E-state index < -0.39 is 5.97 Å². The van der Waals surface area contributed by atoms with E-state index in [-0.39, 0.29) is 12.2 Å². The Morgan fingerprint density at radius 2 is 1.41 bits per heavy atom. The normalized spacial score (nSPS) is 11.5. The van der Waals surface area contributed by atoms with Gasteiger partial charge in [-0.25, -0.2) is 0 Å². The molecule has 0 amide bonds. The molecule has 0 bridgehead atoms. The van der Waals surface area contributed by atoms with Crippen molar-refractivity contribution in [2.75, 3.05) is 6.61 Å². The summed E-state index contributed by atoms with van der Waals surface area (Å²) in [5, 5.41) is 17.1. The molecule has 0 aliphatic carbocycles. The van der Waals surface area contributed by atoms with Crippen molar-refractivity contribution in [2.45, 2.75) is 70.6 Å². The lowest BCUT2D eigenvalue weighted by Gasteiger charge is -1.99. The van der Waals surface area contributed by atoms with Gasteiger partial charge in [0.05, 0.1) is 0 Å². The highest BCUT2D eigenvalue weighted by atomic mass is 16.4. The van der Waals surface area contributed by atoms with E-state index in [2.05, 4.69) is 6.08 Å². The lowest BCUT2D eigenvalue weighted by Crippen LogP contribution is -1.97. The van der Waals surface area contributed by atoms with Gasteiger partial charge in [0.1, 0.15) is 0 Å². The summed E-state index contributed by atoms with van der Waals surface area (Å²) in [7, 11) is 0. The summed E-state index contributed by atoms with van der Waals surface area (Å²) in [4.78, 5) is 21.7. The van der Waals surface area contributed by atoms with Gasteiger partial charge in [0.2, 0.25) is 0 Å². The van der Waals surface area contributed by atoms with Crippen LogP contribution in [0.2, 0.25) is 0 Å². The van der Waals surface area contributed by atoms with Gasteiger partial charge in [0.15, 0.2) is 5.78 Å². The van der Waals surface area contributed by atoms with Gasteiger partial charge in [-0.15, -0.1) is 0 Å². The molecule has 22 heavy (non-hydrogen) atoms. The van der Waals surface area contributed by atoms with Crippen molar-refractivity contribution in [3.05, 3.63) is 24.3 Å². The number of rotatable bonds is 15. The molecule has 0 saturated carbocycles. The summed E-state index contributed by atoms with van der Waals surface area (Å²) in [6, 6.07) is 0. The van der Waals surface area contributed by atoms with Crippen LogP contribution < -0.4 is 0 Å². The quantitative estimate of drug-likeness (QED) is 0.272. The van der Waals surface area contributed by atoms with Crippen LogP contribution in [-0.2, 0) is 9.59 Å². The molecule has 0 aromatic heterocycles. The van der Waals surface area contributed by atoms with Crippen molar-refractivity contribution in [3.8, 4) is 0 Å². The lowest BCUT2D eigenvalue weighted by molar-refractivity contribution is -0.137. The monoisotopic (exact) mass is 310 g/mol. The van der Waals surface area contributed by atoms with E-state index in [1.807, 2.05) is 6.08 Å². The number of hydrogen-bond acceptors (Lipinski definition) is 3. The molecular formula is C18H30O4. The van der Waals surface area contributed by atoms with Crippen LogP contribution in [0.3, 0.4) is 0 Å². The highest BCUT2D eigenvalue weighted by molar-refractivity contribution is 5.90. The van der Waals surface area contributed by atoms with Crippen LogP contribution in [0, 0.1) is 0 Å². The maximum Gasteiger partial charge on any atom is 0.303 e. The van der Waals surface area contributed by atoms with Gasteiger partial charge in [-0.2, -0.15) is 0 Å². The summed E-state index contributed by atoms with van der Waals surface area (Å²) in [6.45, 7) is 0.306. The second-order valence-corrected chi connectivity index (χ2v) is 5.49. The molecule has 0 aliphatic rings. The summed E-state index contributed by atoms with van der Waals surface area (Å²) in [6.07, 6.45) is 17.1. The largest absolute Gasteiger partial charge is 0.481 e. The number of aliphatic hydroxyl groups is 1. The standard InChI is InChI=1S/C18H30O4/c19-16-11-9-7-5-3-1-2-4-6-8-10-13-17(20)14-12-15-18(21)22/h6,8,10,13,19H,1-5,7,9,11-12,14-16H2,(H,21,22)/b8-6-,13-10+. The molecule has 4 nitrogen and oxygen atoms in total. The third-order valence-corrected chi connectivity index (χ3v) is 3.37. The molecule has 0 aromatic carbocycles. The van der Waals surface area contributed by atoms with Gasteiger partial charge < -0.3 is 10.2 Å². The van der Waals surface area contributed by atoms with E-state index in [1.54, 1.807) is 6.08 Å². The lowest BCUT2D eigenvalue weighted by atomic mass is 10.1.